The van der Waals surface area contributed by atoms with Crippen molar-refractivity contribution in [2.75, 3.05) is 18.0 Å². The molecule has 1 unspecified atom stereocenters. The van der Waals surface area contributed by atoms with Gasteiger partial charge < -0.3 is 4.90 Å². The van der Waals surface area contributed by atoms with Crippen LogP contribution >= 0.6 is 11.3 Å². The van der Waals surface area contributed by atoms with Crippen molar-refractivity contribution in [2.45, 2.75) is 12.5 Å². The van der Waals surface area contributed by atoms with E-state index in [9.17, 15) is 0 Å². The Hall–Kier alpha value is -1.78. The molecule has 0 amide bonds. The molecule has 1 fully saturated rings. The second-order valence-electron chi connectivity index (χ2n) is 4.07. The highest BCUT2D eigenvalue weighted by atomic mass is 32.1. The first-order valence-electron chi connectivity index (χ1n) is 5.50. The van der Waals surface area contributed by atoms with Gasteiger partial charge in [0.1, 0.15) is 4.83 Å². The number of rotatable bonds is 2. The molecule has 86 valence electrons. The molecule has 1 saturated heterocycles. The van der Waals surface area contributed by atoms with Gasteiger partial charge in [-0.05, 0) is 24.1 Å². The Morgan fingerprint density at radius 1 is 1.59 bits per heavy atom. The molecule has 1 aliphatic rings. The van der Waals surface area contributed by atoms with Crippen LogP contribution in [0.15, 0.2) is 28.8 Å². The lowest BCUT2D eigenvalue weighted by Gasteiger charge is -2.16. The Bertz CT molecular complexity index is 586. The number of fused-ring (bicyclic) bond motifs is 1. The number of thiophene rings is 1. The number of anilines is 1. The van der Waals surface area contributed by atoms with E-state index in [1.165, 1.54) is 11.1 Å². The summed E-state index contributed by atoms with van der Waals surface area (Å²) in [7, 11) is 0. The molecule has 0 aromatic carbocycles. The Morgan fingerprint density at radius 3 is 3.41 bits per heavy atom. The average Bonchev–Trinajstić information content (AvgIpc) is 2.95. The third kappa shape index (κ3) is 1.81. The van der Waals surface area contributed by atoms with Gasteiger partial charge in [0.15, 0.2) is 0 Å². The van der Waals surface area contributed by atoms with E-state index >= 15 is 0 Å². The molecule has 0 saturated carbocycles. The average molecular weight is 245 g/mol. The van der Waals surface area contributed by atoms with Gasteiger partial charge in [-0.25, -0.2) is 4.98 Å². The van der Waals surface area contributed by atoms with E-state index in [1.807, 2.05) is 12.3 Å². The fourth-order valence-electron chi connectivity index (χ4n) is 2.23. The predicted octanol–water partition coefficient (Wildman–Crippen LogP) is 3.19. The third-order valence-corrected chi connectivity index (χ3v) is 3.94. The van der Waals surface area contributed by atoms with Crippen molar-refractivity contribution in [3.8, 4) is 0 Å². The van der Waals surface area contributed by atoms with Crippen LogP contribution in [0.5, 0.6) is 0 Å². The summed E-state index contributed by atoms with van der Waals surface area (Å²) in [5.41, 5.74) is 9.66. The van der Waals surface area contributed by atoms with Crippen LogP contribution < -0.4 is 4.90 Å². The van der Waals surface area contributed by atoms with Crippen molar-refractivity contribution in [1.82, 2.24) is 4.98 Å². The van der Waals surface area contributed by atoms with Crippen LogP contribution in [0.1, 0.15) is 6.42 Å². The standard InChI is InChI=1S/C11H11N5S/c12-15-14-8-3-5-16(6-8)10-7-17-11-9(10)2-1-4-13-11/h1-2,4,7-8H,3,5-6H2. The lowest BCUT2D eigenvalue weighted by molar-refractivity contribution is 0.745. The van der Waals surface area contributed by atoms with Crippen molar-refractivity contribution in [2.24, 2.45) is 5.11 Å². The van der Waals surface area contributed by atoms with Crippen LogP contribution in [-0.2, 0) is 0 Å². The molecule has 2 aromatic rings. The van der Waals surface area contributed by atoms with E-state index in [1.54, 1.807) is 11.3 Å². The van der Waals surface area contributed by atoms with Crippen LogP contribution in [0.3, 0.4) is 0 Å². The SMILES string of the molecule is [N-]=[N+]=NC1CCN(c2csc3ncccc23)C1. The van der Waals surface area contributed by atoms with Crippen LogP contribution in [0, 0.1) is 0 Å². The molecule has 3 heterocycles. The quantitative estimate of drug-likeness (QED) is 0.463. The summed E-state index contributed by atoms with van der Waals surface area (Å²) < 4.78 is 0. The zero-order chi connectivity index (χ0) is 11.7. The first-order valence-corrected chi connectivity index (χ1v) is 6.38. The number of aromatic nitrogens is 1. The lowest BCUT2D eigenvalue weighted by atomic mass is 10.3. The molecule has 5 nitrogen and oxygen atoms in total. The molecular weight excluding hydrogens is 234 g/mol. The topological polar surface area (TPSA) is 64.9 Å². The van der Waals surface area contributed by atoms with Crippen LogP contribution in [0.25, 0.3) is 20.7 Å². The van der Waals surface area contributed by atoms with Crippen molar-refractivity contribution in [3.05, 3.63) is 34.2 Å². The van der Waals surface area contributed by atoms with Crippen LogP contribution in [0.2, 0.25) is 0 Å². The van der Waals surface area contributed by atoms with Crippen molar-refractivity contribution >= 4 is 27.2 Å². The highest BCUT2D eigenvalue weighted by molar-refractivity contribution is 7.17. The highest BCUT2D eigenvalue weighted by Crippen LogP contribution is 2.33. The number of pyridine rings is 1. The zero-order valence-corrected chi connectivity index (χ0v) is 9.97. The first kappa shape index (κ1) is 10.4. The minimum absolute atomic E-state index is 0.103. The second kappa shape index (κ2) is 4.24. The van der Waals surface area contributed by atoms with Gasteiger partial charge >= 0.3 is 0 Å². The fourth-order valence-corrected chi connectivity index (χ4v) is 3.15. The molecule has 1 atom stereocenters. The smallest absolute Gasteiger partial charge is 0.125 e. The maximum Gasteiger partial charge on any atom is 0.125 e. The Kier molecular flexibility index (Phi) is 2.59. The molecule has 6 heteroatoms. The molecule has 3 rings (SSSR count). The minimum Gasteiger partial charge on any atom is -0.370 e. The Morgan fingerprint density at radius 2 is 2.53 bits per heavy atom. The third-order valence-electron chi connectivity index (χ3n) is 3.05. The van der Waals surface area contributed by atoms with Gasteiger partial charge in [0, 0.05) is 35.0 Å². The highest BCUT2D eigenvalue weighted by Gasteiger charge is 2.23. The van der Waals surface area contributed by atoms with E-state index in [2.05, 4.69) is 31.4 Å². The van der Waals surface area contributed by atoms with Gasteiger partial charge in [-0.1, -0.05) is 5.11 Å². The van der Waals surface area contributed by atoms with Gasteiger partial charge in [0.05, 0.1) is 11.7 Å². The Labute approximate surface area is 102 Å². The second-order valence-corrected chi connectivity index (χ2v) is 4.93. The lowest BCUT2D eigenvalue weighted by Crippen LogP contribution is -2.19. The summed E-state index contributed by atoms with van der Waals surface area (Å²) in [5.74, 6) is 0. The summed E-state index contributed by atoms with van der Waals surface area (Å²) in [4.78, 5) is 10.6. The number of hydrogen-bond acceptors (Lipinski definition) is 4. The van der Waals surface area contributed by atoms with Crippen molar-refractivity contribution < 1.29 is 0 Å². The van der Waals surface area contributed by atoms with Gasteiger partial charge in [-0.15, -0.1) is 11.3 Å². The summed E-state index contributed by atoms with van der Waals surface area (Å²) in [5, 5.41) is 7.12. The monoisotopic (exact) mass is 245 g/mol. The molecule has 0 N–H and O–H groups in total. The van der Waals surface area contributed by atoms with E-state index in [4.69, 9.17) is 5.53 Å². The van der Waals surface area contributed by atoms with Crippen LogP contribution in [0.4, 0.5) is 5.69 Å². The molecule has 0 radical (unpaired) electrons. The van der Waals surface area contributed by atoms with Gasteiger partial charge in [-0.2, -0.15) is 0 Å². The summed E-state index contributed by atoms with van der Waals surface area (Å²) in [6.07, 6.45) is 2.75. The van der Waals surface area contributed by atoms with Gasteiger partial charge in [0.2, 0.25) is 0 Å². The molecule has 1 aliphatic heterocycles. The molecule has 0 bridgehead atoms. The summed E-state index contributed by atoms with van der Waals surface area (Å²) >= 11 is 1.66. The summed E-state index contributed by atoms with van der Waals surface area (Å²) in [6, 6.07) is 4.15. The first-order chi connectivity index (χ1) is 8.38. The molecule has 2 aromatic heterocycles. The van der Waals surface area contributed by atoms with Gasteiger partial charge in [-0.3, -0.25) is 0 Å². The number of hydrogen-bond donors (Lipinski definition) is 0. The maximum absolute atomic E-state index is 8.45. The number of nitrogens with zero attached hydrogens (tertiary/aromatic N) is 5. The molecule has 17 heavy (non-hydrogen) atoms. The fraction of sp³-hybridized carbons (Fsp3) is 0.364. The van der Waals surface area contributed by atoms with E-state index < -0.39 is 0 Å². The predicted molar refractivity (Wildman–Crippen MR) is 69.4 cm³/mol. The molecule has 0 aliphatic carbocycles. The Balaban J connectivity index is 1.92. The number of azide groups is 1. The van der Waals surface area contributed by atoms with E-state index in [0.29, 0.717) is 0 Å². The molecular formula is C11H11N5S. The maximum atomic E-state index is 8.45. The molecule has 0 spiro atoms. The van der Waals surface area contributed by atoms with Crippen molar-refractivity contribution in [1.29, 1.82) is 0 Å². The van der Waals surface area contributed by atoms with Gasteiger partial charge in [0.25, 0.3) is 0 Å². The van der Waals surface area contributed by atoms with E-state index in [-0.39, 0.29) is 6.04 Å². The van der Waals surface area contributed by atoms with E-state index in [0.717, 1.165) is 24.3 Å². The normalized spacial score (nSPS) is 19.5. The van der Waals surface area contributed by atoms with Crippen LogP contribution in [-0.4, -0.2) is 24.1 Å². The zero-order valence-electron chi connectivity index (χ0n) is 9.15. The largest absolute Gasteiger partial charge is 0.370 e. The minimum atomic E-state index is 0.103. The van der Waals surface area contributed by atoms with Crippen molar-refractivity contribution in [3.63, 3.8) is 0 Å². The summed E-state index contributed by atoms with van der Waals surface area (Å²) in [6.45, 7) is 1.76.